The van der Waals surface area contributed by atoms with Crippen molar-refractivity contribution in [3.8, 4) is 5.75 Å². The molecule has 0 aliphatic carbocycles. The molecular weight excluding hydrogens is 693 g/mol. The summed E-state index contributed by atoms with van der Waals surface area (Å²) >= 11 is 12.3. The Labute approximate surface area is 306 Å². The van der Waals surface area contributed by atoms with Crippen LogP contribution >= 0.6 is 23.2 Å². The zero-order valence-corrected chi connectivity index (χ0v) is 29.9. The topological polar surface area (TPSA) is 112 Å². The molecule has 2 aliphatic heterocycles. The molecule has 1 N–H and O–H groups in total. The number of amides is 4. The van der Waals surface area contributed by atoms with Crippen LogP contribution in [0.3, 0.4) is 0 Å². The predicted octanol–water partition coefficient (Wildman–Crippen LogP) is 5.66. The van der Waals surface area contributed by atoms with Gasteiger partial charge in [0.05, 0.1) is 30.2 Å². The first-order chi connectivity index (χ1) is 24.7. The number of halogens is 2. The van der Waals surface area contributed by atoms with E-state index in [2.05, 4.69) is 10.1 Å². The Balaban J connectivity index is 1.28. The second kappa shape index (κ2) is 16.0. The summed E-state index contributed by atoms with van der Waals surface area (Å²) in [4.78, 5) is 57.0. The number of methoxy groups -OCH3 is 1. The summed E-state index contributed by atoms with van der Waals surface area (Å²) in [7, 11) is 1.29. The molecule has 0 bridgehead atoms. The number of fused-ring (bicyclic) bond motifs is 2. The van der Waals surface area contributed by atoms with Gasteiger partial charge in [0.2, 0.25) is 11.8 Å². The van der Waals surface area contributed by atoms with Gasteiger partial charge in [0.15, 0.2) is 6.61 Å². The lowest BCUT2D eigenvalue weighted by Gasteiger charge is -2.46. The Morgan fingerprint density at radius 3 is 2.43 bits per heavy atom. The van der Waals surface area contributed by atoms with Crippen molar-refractivity contribution < 1.29 is 28.7 Å². The van der Waals surface area contributed by atoms with E-state index in [0.717, 1.165) is 27.5 Å². The molecule has 0 aromatic heterocycles. The highest BCUT2D eigenvalue weighted by Crippen LogP contribution is 2.32. The van der Waals surface area contributed by atoms with Crippen LogP contribution in [0.2, 0.25) is 10.0 Å². The number of carbonyl (C=O) groups is 4. The Morgan fingerprint density at radius 2 is 1.69 bits per heavy atom. The average Bonchev–Trinajstić information content (AvgIpc) is 3.46. The monoisotopic (exact) mass is 731 g/mol. The van der Waals surface area contributed by atoms with Crippen LogP contribution in [0.4, 0.5) is 4.79 Å². The molecule has 0 saturated carbocycles. The fourth-order valence-electron chi connectivity index (χ4n) is 6.65. The van der Waals surface area contributed by atoms with E-state index in [9.17, 15) is 19.2 Å². The van der Waals surface area contributed by atoms with E-state index in [1.54, 1.807) is 50.1 Å². The second-order valence-corrected chi connectivity index (χ2v) is 13.3. The van der Waals surface area contributed by atoms with Crippen molar-refractivity contribution in [1.29, 1.82) is 0 Å². The minimum atomic E-state index is -0.819. The summed E-state index contributed by atoms with van der Waals surface area (Å²) in [5.74, 6) is -0.437. The Morgan fingerprint density at radius 1 is 0.941 bits per heavy atom. The summed E-state index contributed by atoms with van der Waals surface area (Å²) in [6.07, 6.45) is 0.305. The first-order valence-corrected chi connectivity index (χ1v) is 17.5. The van der Waals surface area contributed by atoms with Crippen molar-refractivity contribution in [3.05, 3.63) is 112 Å². The smallest absolute Gasteiger partial charge is 0.343 e. The zero-order valence-electron chi connectivity index (χ0n) is 28.4. The fraction of sp³-hybridized carbons (Fsp3) is 0.316. The molecule has 0 unspecified atom stereocenters. The third-order valence-corrected chi connectivity index (χ3v) is 9.89. The van der Waals surface area contributed by atoms with Crippen LogP contribution in [0.1, 0.15) is 30.0 Å². The van der Waals surface area contributed by atoms with E-state index < -0.39 is 18.2 Å². The third kappa shape index (κ3) is 8.06. The Kier molecular flexibility index (Phi) is 11.3. The number of hydrazine groups is 1. The summed E-state index contributed by atoms with van der Waals surface area (Å²) in [5.41, 5.74) is 2.57. The second-order valence-electron chi connectivity index (χ2n) is 12.5. The van der Waals surface area contributed by atoms with Crippen LogP contribution in [0.25, 0.3) is 10.8 Å². The summed E-state index contributed by atoms with van der Waals surface area (Å²) < 4.78 is 10.1. The molecular formula is C38H39Cl2N5O6. The molecule has 13 heteroatoms. The number of esters is 1. The van der Waals surface area contributed by atoms with Crippen molar-refractivity contribution in [2.45, 2.75) is 45.1 Å². The summed E-state index contributed by atoms with van der Waals surface area (Å²) in [6.45, 7) is 2.80. The number of benzene rings is 4. The highest BCUT2D eigenvalue weighted by Gasteiger charge is 2.52. The third-order valence-electron chi connectivity index (χ3n) is 9.15. The number of rotatable bonds is 12. The lowest BCUT2D eigenvalue weighted by atomic mass is 9.99. The minimum absolute atomic E-state index is 0.0585. The number of urea groups is 1. The molecule has 2 atom stereocenters. The van der Waals surface area contributed by atoms with Gasteiger partial charge in [-0.15, -0.1) is 0 Å². The standard InChI is InChI=1S/C38H39Cl2N5O6/c1-3-17-43(38(49)41-20-26-13-16-31(39)32(40)18-26)44-23-35(46)45-33(19-25-11-14-29(15-12-25)51-24-36(47)50-2)37(48)42(22-34(44)45)21-28-9-6-8-27-7-4-5-10-30(27)28/h4-16,18,33-34H,3,17,19-24H2,1-2H3,(H,41,49)/t33-,34+/m0/s1. The van der Waals surface area contributed by atoms with E-state index in [4.69, 9.17) is 27.9 Å². The number of hydrogen-bond acceptors (Lipinski definition) is 7. The Hall–Kier alpha value is -4.84. The van der Waals surface area contributed by atoms with Gasteiger partial charge >= 0.3 is 12.0 Å². The molecule has 4 aromatic rings. The molecule has 4 aromatic carbocycles. The lowest BCUT2D eigenvalue weighted by molar-refractivity contribution is -0.157. The molecule has 6 rings (SSSR count). The lowest BCUT2D eigenvalue weighted by Crippen LogP contribution is -2.66. The molecule has 2 aliphatic rings. The molecule has 4 amide bonds. The maximum atomic E-state index is 14.4. The molecule has 51 heavy (non-hydrogen) atoms. The largest absolute Gasteiger partial charge is 0.482 e. The maximum Gasteiger partial charge on any atom is 0.343 e. The van der Waals surface area contributed by atoms with Gasteiger partial charge in [0.1, 0.15) is 18.0 Å². The molecule has 2 heterocycles. The minimum Gasteiger partial charge on any atom is -0.482 e. The number of nitrogens with one attached hydrogen (secondary N) is 1. The van der Waals surface area contributed by atoms with Crippen LogP contribution in [0.5, 0.6) is 5.75 Å². The summed E-state index contributed by atoms with van der Waals surface area (Å²) in [6, 6.07) is 25.1. The molecule has 0 spiro atoms. The van der Waals surface area contributed by atoms with E-state index in [1.165, 1.54) is 7.11 Å². The molecule has 2 saturated heterocycles. The van der Waals surface area contributed by atoms with Crippen LogP contribution in [-0.4, -0.2) is 89.2 Å². The number of hydrogen-bond donors (Lipinski definition) is 1. The highest BCUT2D eigenvalue weighted by molar-refractivity contribution is 6.42. The van der Waals surface area contributed by atoms with E-state index in [-0.39, 0.29) is 50.5 Å². The van der Waals surface area contributed by atoms with Crippen LogP contribution in [0, 0.1) is 0 Å². The predicted molar refractivity (Wildman–Crippen MR) is 194 cm³/mol. The van der Waals surface area contributed by atoms with Crippen LogP contribution in [-0.2, 0) is 38.6 Å². The van der Waals surface area contributed by atoms with Crippen LogP contribution in [0.15, 0.2) is 84.9 Å². The van der Waals surface area contributed by atoms with Crippen LogP contribution < -0.4 is 10.1 Å². The van der Waals surface area contributed by atoms with E-state index in [0.29, 0.717) is 35.3 Å². The van der Waals surface area contributed by atoms with E-state index in [1.807, 2.05) is 61.5 Å². The SMILES string of the molecule is CCCN(C(=O)NCc1ccc(Cl)c(Cl)c1)N1CC(=O)N2[C@@H](Cc3ccc(OCC(=O)OC)cc3)C(=O)N(Cc3cccc4ccccc34)C[C@@H]21. The molecule has 266 valence electrons. The van der Waals surface area contributed by atoms with E-state index >= 15 is 0 Å². The Bertz CT molecular complexity index is 1920. The molecule has 0 radical (unpaired) electrons. The van der Waals surface area contributed by atoms with Crippen molar-refractivity contribution >= 4 is 57.8 Å². The molecule has 2 fully saturated rings. The maximum absolute atomic E-state index is 14.4. The zero-order chi connectivity index (χ0) is 36.1. The van der Waals surface area contributed by atoms with Crippen molar-refractivity contribution in [2.75, 3.05) is 33.4 Å². The van der Waals surface area contributed by atoms with Crippen molar-refractivity contribution in [3.63, 3.8) is 0 Å². The first kappa shape index (κ1) is 36.0. The van der Waals surface area contributed by atoms with Crippen molar-refractivity contribution in [2.24, 2.45) is 0 Å². The van der Waals surface area contributed by atoms with Gasteiger partial charge in [-0.3, -0.25) is 14.6 Å². The summed E-state index contributed by atoms with van der Waals surface area (Å²) in [5, 5.41) is 9.26. The average molecular weight is 733 g/mol. The highest BCUT2D eigenvalue weighted by atomic mass is 35.5. The number of carbonyl (C=O) groups excluding carboxylic acids is 4. The van der Waals surface area contributed by atoms with Gasteiger partial charge in [0.25, 0.3) is 0 Å². The number of nitrogens with zero attached hydrogens (tertiary/aromatic N) is 4. The van der Waals surface area contributed by atoms with Gasteiger partial charge in [0, 0.05) is 26.1 Å². The van der Waals surface area contributed by atoms with Gasteiger partial charge < -0.3 is 24.6 Å². The number of ether oxygens (including phenoxy) is 2. The van der Waals surface area contributed by atoms with Gasteiger partial charge in [-0.25, -0.2) is 9.59 Å². The van der Waals surface area contributed by atoms with Gasteiger partial charge in [-0.2, -0.15) is 5.01 Å². The van der Waals surface area contributed by atoms with Crippen molar-refractivity contribution in [1.82, 2.24) is 25.1 Å². The fourth-order valence-corrected chi connectivity index (χ4v) is 6.97. The normalized spacial score (nSPS) is 17.4. The number of piperazine rings is 1. The van der Waals surface area contributed by atoms with Gasteiger partial charge in [-0.1, -0.05) is 90.8 Å². The quantitative estimate of drug-likeness (QED) is 0.187. The van der Waals surface area contributed by atoms with Gasteiger partial charge in [-0.05, 0) is 58.1 Å². The first-order valence-electron chi connectivity index (χ1n) is 16.8. The molecule has 11 nitrogen and oxygen atoms in total.